The standard InChI is InChI=1S/C56H58FN7O4/c1-35-45(57)30-46-44(33-64(60-46)56(37-16-8-5-9-17-37,38-18-10-6-11-19-38)39-20-12-7-13-21-39)47(35)48-42(36-22-23-36)29-43-49(50(48)65)58-52(67-34-55-24-14-26-61(55)27-15-25-55)59-51(43)62-31-41-28-40(62)32-63(41)53(66)68-54(2,3)4/h5-13,16-21,29-30,33,36,40-41,65H,14-15,22-28,31-32,34H2,1-4H3/t40-,41-/m0/s1. The molecule has 68 heavy (non-hydrogen) atoms. The second-order valence-electron chi connectivity index (χ2n) is 20.9. The summed E-state index contributed by atoms with van der Waals surface area (Å²) in [4.78, 5) is 30.4. The van der Waals surface area contributed by atoms with Crippen molar-refractivity contribution in [1.82, 2.24) is 29.5 Å². The number of amides is 1. The Morgan fingerprint density at radius 3 is 2.03 bits per heavy atom. The first kappa shape index (κ1) is 42.8. The number of aromatic nitrogens is 4. The van der Waals surface area contributed by atoms with E-state index in [-0.39, 0.29) is 41.4 Å². The fourth-order valence-corrected chi connectivity index (χ4v) is 12.3. The number of ether oxygens (including phenoxy) is 2. The molecule has 5 aliphatic rings. The largest absolute Gasteiger partial charge is 0.505 e. The summed E-state index contributed by atoms with van der Waals surface area (Å²) in [5.41, 5.74) is 4.75. The van der Waals surface area contributed by atoms with Gasteiger partial charge in [-0.3, -0.25) is 9.58 Å². The zero-order valence-corrected chi connectivity index (χ0v) is 39.3. The minimum Gasteiger partial charge on any atom is -0.505 e. The number of hydrogen-bond donors (Lipinski definition) is 1. The van der Waals surface area contributed by atoms with Gasteiger partial charge in [-0.25, -0.2) is 9.18 Å². The van der Waals surface area contributed by atoms with E-state index in [9.17, 15) is 9.90 Å². The number of carbonyl (C=O) groups excluding carboxylic acids is 1. The lowest BCUT2D eigenvalue weighted by atomic mass is 9.77. The molecule has 4 aliphatic heterocycles. The van der Waals surface area contributed by atoms with E-state index in [1.165, 1.54) is 6.07 Å². The summed E-state index contributed by atoms with van der Waals surface area (Å²) in [6, 6.07) is 34.8. The van der Waals surface area contributed by atoms with Crippen molar-refractivity contribution in [2.24, 2.45) is 0 Å². The molecule has 12 heteroatoms. The molecule has 5 fully saturated rings. The first-order valence-electron chi connectivity index (χ1n) is 24.5. The summed E-state index contributed by atoms with van der Waals surface area (Å²) < 4.78 is 31.3. The van der Waals surface area contributed by atoms with Crippen molar-refractivity contribution in [2.45, 2.75) is 107 Å². The van der Waals surface area contributed by atoms with Crippen molar-refractivity contribution < 1.29 is 23.8 Å². The van der Waals surface area contributed by atoms with Crippen LogP contribution in [0.1, 0.15) is 99.5 Å². The molecule has 11 nitrogen and oxygen atoms in total. The quantitative estimate of drug-likeness (QED) is 0.134. The van der Waals surface area contributed by atoms with Crippen molar-refractivity contribution >= 4 is 33.7 Å². The summed E-state index contributed by atoms with van der Waals surface area (Å²) in [7, 11) is 0. The molecule has 1 aliphatic carbocycles. The Bertz CT molecular complexity index is 2970. The van der Waals surface area contributed by atoms with E-state index >= 15 is 4.39 Å². The number of carbonyl (C=O) groups is 1. The maximum Gasteiger partial charge on any atom is 0.410 e. The van der Waals surface area contributed by atoms with Crippen LogP contribution < -0.4 is 9.64 Å². The van der Waals surface area contributed by atoms with E-state index in [4.69, 9.17) is 24.5 Å². The third-order valence-electron chi connectivity index (χ3n) is 15.6. The minimum absolute atomic E-state index is 0.0153. The molecule has 2 atom stereocenters. The second-order valence-corrected chi connectivity index (χ2v) is 20.9. The van der Waals surface area contributed by atoms with Crippen molar-refractivity contribution in [1.29, 1.82) is 0 Å². The molecular formula is C56H58FN7O4. The smallest absolute Gasteiger partial charge is 0.410 e. The van der Waals surface area contributed by atoms with Crippen LogP contribution in [0.2, 0.25) is 0 Å². The number of phenols is 1. The number of halogens is 1. The van der Waals surface area contributed by atoms with Crippen molar-refractivity contribution in [3.05, 3.63) is 143 Å². The Labute approximate surface area is 396 Å². The van der Waals surface area contributed by atoms with Crippen LogP contribution in [-0.2, 0) is 10.3 Å². The first-order chi connectivity index (χ1) is 32.9. The highest BCUT2D eigenvalue weighted by Gasteiger charge is 2.49. The molecule has 4 saturated heterocycles. The minimum atomic E-state index is -0.939. The zero-order chi connectivity index (χ0) is 46.5. The zero-order valence-electron chi connectivity index (χ0n) is 39.3. The van der Waals surface area contributed by atoms with Gasteiger partial charge in [0.1, 0.15) is 40.6 Å². The maximum atomic E-state index is 16.8. The summed E-state index contributed by atoms with van der Waals surface area (Å²) >= 11 is 0. The molecule has 7 aromatic rings. The molecule has 0 unspecified atom stereocenters. The van der Waals surface area contributed by atoms with Gasteiger partial charge >= 0.3 is 12.1 Å². The lowest BCUT2D eigenvalue weighted by Gasteiger charge is -2.36. The van der Waals surface area contributed by atoms with Gasteiger partial charge in [-0.2, -0.15) is 15.1 Å². The number of anilines is 1. The lowest BCUT2D eigenvalue weighted by molar-refractivity contribution is 0.0214. The Kier molecular flexibility index (Phi) is 10.1. The van der Waals surface area contributed by atoms with Crippen LogP contribution in [0, 0.1) is 12.7 Å². The van der Waals surface area contributed by atoms with Crippen LogP contribution in [0.25, 0.3) is 32.9 Å². The molecule has 1 N–H and O–H groups in total. The summed E-state index contributed by atoms with van der Waals surface area (Å²) in [6.07, 6.45) is 8.77. The predicted molar refractivity (Wildman–Crippen MR) is 262 cm³/mol. The Balaban J connectivity index is 1.05. The number of benzene rings is 5. The number of piperazine rings is 1. The third kappa shape index (κ3) is 6.91. The molecular weight excluding hydrogens is 854 g/mol. The monoisotopic (exact) mass is 911 g/mol. The van der Waals surface area contributed by atoms with E-state index in [1.807, 2.05) is 91.1 Å². The van der Waals surface area contributed by atoms with E-state index in [1.54, 1.807) is 6.92 Å². The normalized spacial score (nSPS) is 20.2. The number of nitrogens with zero attached hydrogens (tertiary/aromatic N) is 7. The summed E-state index contributed by atoms with van der Waals surface area (Å²) in [5, 5.41) is 19.9. The van der Waals surface area contributed by atoms with Gasteiger partial charge in [0.15, 0.2) is 0 Å². The third-order valence-corrected chi connectivity index (χ3v) is 15.6. The van der Waals surface area contributed by atoms with Gasteiger partial charge in [-0.05, 0) is 126 Å². The molecule has 1 saturated carbocycles. The molecule has 12 rings (SSSR count). The highest BCUT2D eigenvalue weighted by Crippen LogP contribution is 2.54. The van der Waals surface area contributed by atoms with Crippen molar-refractivity contribution in [3.63, 3.8) is 0 Å². The molecule has 0 radical (unpaired) electrons. The number of phenolic OH excluding ortho intramolecular Hbond substituents is 1. The van der Waals surface area contributed by atoms with Crippen LogP contribution >= 0.6 is 0 Å². The molecule has 2 aromatic heterocycles. The predicted octanol–water partition coefficient (Wildman–Crippen LogP) is 10.7. The summed E-state index contributed by atoms with van der Waals surface area (Å²) in [6.45, 7) is 11.1. The molecule has 2 bridgehead atoms. The number of rotatable bonds is 10. The Hall–Kier alpha value is -6.53. The van der Waals surface area contributed by atoms with E-state index in [0.29, 0.717) is 53.2 Å². The van der Waals surface area contributed by atoms with Gasteiger partial charge in [0.2, 0.25) is 0 Å². The van der Waals surface area contributed by atoms with Crippen LogP contribution in [0.3, 0.4) is 0 Å². The Morgan fingerprint density at radius 2 is 1.46 bits per heavy atom. The van der Waals surface area contributed by atoms with Crippen LogP contribution in [0.4, 0.5) is 15.0 Å². The van der Waals surface area contributed by atoms with Gasteiger partial charge < -0.3 is 24.4 Å². The van der Waals surface area contributed by atoms with Crippen LogP contribution in [-0.4, -0.2) is 96.8 Å². The van der Waals surface area contributed by atoms with E-state index in [2.05, 4.69) is 52.3 Å². The number of aromatic hydroxyl groups is 1. The number of likely N-dealkylation sites (tertiary alicyclic amines) is 1. The average Bonchev–Trinajstić information content (AvgIpc) is 3.69. The SMILES string of the molecule is Cc1c(F)cc2nn(C(c3ccccc3)(c3ccccc3)c3ccccc3)cc2c1-c1c(C2CC2)cc2c(N3C[C@@H]4C[C@H]3CN4C(=O)OC(C)(C)C)nc(OCC34CCCN3CCC4)nc2c1O. The number of hydrogen-bond acceptors (Lipinski definition) is 9. The van der Waals surface area contributed by atoms with Crippen molar-refractivity contribution in [2.75, 3.05) is 37.7 Å². The van der Waals surface area contributed by atoms with Gasteiger partial charge in [0.05, 0.1) is 23.1 Å². The fourth-order valence-electron chi connectivity index (χ4n) is 12.3. The van der Waals surface area contributed by atoms with E-state index in [0.717, 1.165) is 91.1 Å². The summed E-state index contributed by atoms with van der Waals surface area (Å²) in [5.74, 6) is 0.393. The molecule has 1 amide bonds. The average molecular weight is 912 g/mol. The first-order valence-corrected chi connectivity index (χ1v) is 24.5. The van der Waals surface area contributed by atoms with Crippen molar-refractivity contribution in [3.8, 4) is 22.9 Å². The second kappa shape index (κ2) is 16.0. The highest BCUT2D eigenvalue weighted by molar-refractivity contribution is 6.06. The Morgan fingerprint density at radius 1 is 0.824 bits per heavy atom. The molecule has 5 aromatic carbocycles. The van der Waals surface area contributed by atoms with E-state index < -0.39 is 17.0 Å². The number of fused-ring (bicyclic) bond motifs is 5. The fraction of sp³-hybridized carbons (Fsp3) is 0.393. The molecule has 0 spiro atoms. The molecule has 6 heterocycles. The molecule has 348 valence electrons. The van der Waals surface area contributed by atoms with Gasteiger partial charge in [0.25, 0.3) is 0 Å². The van der Waals surface area contributed by atoms with Crippen LogP contribution in [0.5, 0.6) is 11.8 Å². The van der Waals surface area contributed by atoms with Gasteiger partial charge in [-0.1, -0.05) is 91.0 Å². The maximum absolute atomic E-state index is 16.8. The highest BCUT2D eigenvalue weighted by atomic mass is 19.1. The van der Waals surface area contributed by atoms with Crippen LogP contribution in [0.15, 0.2) is 109 Å². The van der Waals surface area contributed by atoms with Gasteiger partial charge in [-0.15, -0.1) is 0 Å². The lowest BCUT2D eigenvalue weighted by Crippen LogP contribution is -2.50. The topological polar surface area (TPSA) is 109 Å². The van der Waals surface area contributed by atoms with Gasteiger partial charge in [0, 0.05) is 47.3 Å².